The van der Waals surface area contributed by atoms with Gasteiger partial charge in [-0.1, -0.05) is 192 Å². The number of pyridine rings is 3. The van der Waals surface area contributed by atoms with Crippen molar-refractivity contribution in [2.45, 2.75) is 38.0 Å². The first-order valence-corrected chi connectivity index (χ1v) is 24.9. The van der Waals surface area contributed by atoms with Crippen LogP contribution in [0.3, 0.4) is 0 Å². The van der Waals surface area contributed by atoms with Gasteiger partial charge in [-0.3, -0.25) is 0 Å². The summed E-state index contributed by atoms with van der Waals surface area (Å²) in [6.45, 7) is 2.41. The van der Waals surface area contributed by atoms with Crippen molar-refractivity contribution in [2.24, 2.45) is 0 Å². The van der Waals surface area contributed by atoms with Gasteiger partial charge in [0, 0.05) is 18.6 Å². The molecule has 73 heavy (non-hydrogen) atoms. The molecule has 3 aromatic heterocycles. The molecular weight excluding hydrogens is 1060 g/mol. The van der Waals surface area contributed by atoms with Gasteiger partial charge in [-0.2, -0.15) is 0 Å². The molecule has 0 spiro atoms. The standard InChI is InChI=1S/C69H50N3.Ir/c1-69(38-13-14-39-69)57-37-42-72-68(47-57)53-35-36-64(65(46-53)48-17-3-2-4-18-48)63-24-10-9-23-62(63)56-44-54(60-21-7-5-19-58(60)49-27-31-51(32-28-49)66-25-11-15-40-70-66)43-55(45-56)61-22-8-6-20-59(61)50-29-33-52(34-30-50)67-26-12-16-41-71-67;/h2-12,15-31,33,36-37,40-47H,13-14,38-39H2,1H3;/q-3;+3. The fraction of sp³-hybridized carbons (Fsp3) is 0.0870. The van der Waals surface area contributed by atoms with Gasteiger partial charge in [0.25, 0.3) is 0 Å². The minimum atomic E-state index is 0. The average Bonchev–Trinajstić information content (AvgIpc) is 3.93. The molecule has 0 saturated heterocycles. The summed E-state index contributed by atoms with van der Waals surface area (Å²) in [5.41, 5.74) is 22.9. The van der Waals surface area contributed by atoms with Crippen LogP contribution in [0.5, 0.6) is 0 Å². The van der Waals surface area contributed by atoms with E-state index < -0.39 is 0 Å². The molecule has 0 atom stereocenters. The van der Waals surface area contributed by atoms with Crippen LogP contribution in [0, 0.1) is 18.2 Å². The normalized spacial score (nSPS) is 12.8. The van der Waals surface area contributed by atoms with E-state index in [0.29, 0.717) is 0 Å². The molecule has 0 bridgehead atoms. The molecule has 1 saturated carbocycles. The van der Waals surface area contributed by atoms with Gasteiger partial charge in [-0.25, -0.2) is 0 Å². The van der Waals surface area contributed by atoms with Crippen molar-refractivity contribution in [3.05, 3.63) is 261 Å². The second-order valence-corrected chi connectivity index (χ2v) is 19.1. The van der Waals surface area contributed by atoms with Crippen molar-refractivity contribution >= 4 is 0 Å². The molecule has 11 aromatic rings. The summed E-state index contributed by atoms with van der Waals surface area (Å²) in [5.74, 6) is 0. The van der Waals surface area contributed by atoms with Crippen molar-refractivity contribution in [1.82, 2.24) is 15.0 Å². The summed E-state index contributed by atoms with van der Waals surface area (Å²) in [6, 6.07) is 88.7. The Morgan fingerprint density at radius 1 is 0.329 bits per heavy atom. The molecule has 0 aliphatic heterocycles. The Labute approximate surface area is 442 Å². The van der Waals surface area contributed by atoms with Crippen LogP contribution >= 0.6 is 0 Å². The van der Waals surface area contributed by atoms with E-state index in [2.05, 4.69) is 217 Å². The summed E-state index contributed by atoms with van der Waals surface area (Å²) in [6.07, 6.45) is 10.6. The minimum absolute atomic E-state index is 0. The number of benzene rings is 8. The third-order valence-corrected chi connectivity index (χ3v) is 14.5. The molecule has 3 nitrogen and oxygen atoms in total. The summed E-state index contributed by atoms with van der Waals surface area (Å²) < 4.78 is 0. The van der Waals surface area contributed by atoms with Gasteiger partial charge in [0.1, 0.15) is 0 Å². The first kappa shape index (κ1) is 47.2. The van der Waals surface area contributed by atoms with E-state index in [9.17, 15) is 0 Å². The monoisotopic (exact) mass is 1110 g/mol. The van der Waals surface area contributed by atoms with E-state index in [4.69, 9.17) is 4.98 Å². The van der Waals surface area contributed by atoms with Crippen molar-refractivity contribution in [1.29, 1.82) is 0 Å². The van der Waals surface area contributed by atoms with E-state index in [1.54, 1.807) is 0 Å². The zero-order valence-corrected chi connectivity index (χ0v) is 42.9. The molecular formula is C69H50IrN3. The van der Waals surface area contributed by atoms with Crippen molar-refractivity contribution < 1.29 is 20.1 Å². The third kappa shape index (κ3) is 9.68. The van der Waals surface area contributed by atoms with Crippen LogP contribution in [-0.4, -0.2) is 15.0 Å². The van der Waals surface area contributed by atoms with Gasteiger partial charge < -0.3 is 15.0 Å². The minimum Gasteiger partial charge on any atom is -0.305 e. The third-order valence-electron chi connectivity index (χ3n) is 14.5. The Balaban J connectivity index is 0.00000574. The maximum atomic E-state index is 4.94. The number of hydrogen-bond donors (Lipinski definition) is 0. The van der Waals surface area contributed by atoms with Gasteiger partial charge in [-0.15, -0.1) is 83.4 Å². The molecule has 1 fully saturated rings. The Morgan fingerprint density at radius 2 is 0.781 bits per heavy atom. The Kier molecular flexibility index (Phi) is 13.5. The van der Waals surface area contributed by atoms with Crippen molar-refractivity contribution in [2.75, 3.05) is 0 Å². The van der Waals surface area contributed by atoms with E-state index in [-0.39, 0.29) is 25.5 Å². The van der Waals surface area contributed by atoms with Crippen LogP contribution < -0.4 is 0 Å². The van der Waals surface area contributed by atoms with Crippen LogP contribution in [0.1, 0.15) is 38.2 Å². The largest absolute Gasteiger partial charge is 3.00 e. The fourth-order valence-electron chi connectivity index (χ4n) is 10.7. The summed E-state index contributed by atoms with van der Waals surface area (Å²) in [5, 5.41) is 0. The fourth-order valence-corrected chi connectivity index (χ4v) is 10.7. The number of rotatable bonds is 11. The number of nitrogens with zero attached hydrogens (tertiary/aromatic N) is 3. The first-order chi connectivity index (χ1) is 35.5. The molecule has 12 rings (SSSR count). The van der Waals surface area contributed by atoms with Gasteiger partial charge in [0.15, 0.2) is 0 Å². The van der Waals surface area contributed by atoms with E-state index in [0.717, 1.165) is 112 Å². The molecule has 1 aliphatic carbocycles. The number of aromatic nitrogens is 3. The van der Waals surface area contributed by atoms with Crippen molar-refractivity contribution in [3.63, 3.8) is 0 Å². The summed E-state index contributed by atoms with van der Waals surface area (Å²) >= 11 is 0. The summed E-state index contributed by atoms with van der Waals surface area (Å²) in [4.78, 5) is 14.1. The Bertz CT molecular complexity index is 3530. The topological polar surface area (TPSA) is 38.7 Å². The van der Waals surface area contributed by atoms with Crippen LogP contribution in [-0.2, 0) is 25.5 Å². The summed E-state index contributed by atoms with van der Waals surface area (Å²) in [7, 11) is 0. The van der Waals surface area contributed by atoms with E-state index in [1.807, 2.05) is 55.0 Å². The molecule has 350 valence electrons. The Hall–Kier alpha value is -8.14. The maximum Gasteiger partial charge on any atom is 3.00 e. The van der Waals surface area contributed by atoms with E-state index >= 15 is 0 Å². The molecule has 4 heteroatoms. The Morgan fingerprint density at radius 3 is 1.27 bits per heavy atom. The quantitative estimate of drug-likeness (QED) is 0.121. The van der Waals surface area contributed by atoms with Gasteiger partial charge in [0.05, 0.1) is 0 Å². The second kappa shape index (κ2) is 20.9. The average molecular weight is 1110 g/mol. The zero-order valence-electron chi connectivity index (χ0n) is 40.5. The predicted octanol–water partition coefficient (Wildman–Crippen LogP) is 17.8. The smallest absolute Gasteiger partial charge is 0.305 e. The van der Waals surface area contributed by atoms with Crippen LogP contribution in [0.2, 0.25) is 0 Å². The van der Waals surface area contributed by atoms with Crippen LogP contribution in [0.15, 0.2) is 237 Å². The van der Waals surface area contributed by atoms with E-state index in [1.165, 1.54) is 31.2 Å². The SMILES string of the molecule is CC1(c2ccnc(-c3[c-]cc(-c4ccccc4-c4cc(-c5ccccc5-c5c[c-]c(-c6ccccn6)cc5)cc(-c5ccccc5-c5c[c-]c(-c6ccccn6)cc5)c4)c(-c4ccccc4)c3)c2)CCCC1.[Ir+3]. The second-order valence-electron chi connectivity index (χ2n) is 19.1. The molecule has 1 aliphatic rings. The van der Waals surface area contributed by atoms with Crippen molar-refractivity contribution in [3.8, 4) is 112 Å². The molecule has 0 unspecified atom stereocenters. The van der Waals surface area contributed by atoms with Crippen LogP contribution in [0.4, 0.5) is 0 Å². The molecule has 8 aromatic carbocycles. The molecule has 3 heterocycles. The predicted molar refractivity (Wildman–Crippen MR) is 297 cm³/mol. The van der Waals surface area contributed by atoms with Gasteiger partial charge >= 0.3 is 20.1 Å². The molecule has 0 N–H and O–H groups in total. The number of hydrogen-bond acceptors (Lipinski definition) is 3. The maximum absolute atomic E-state index is 4.94. The molecule has 0 amide bonds. The molecule has 0 radical (unpaired) electrons. The van der Waals surface area contributed by atoms with Crippen LogP contribution in [0.25, 0.3) is 112 Å². The van der Waals surface area contributed by atoms with Gasteiger partial charge in [0.2, 0.25) is 0 Å². The van der Waals surface area contributed by atoms with Gasteiger partial charge in [-0.05, 0) is 116 Å². The first-order valence-electron chi connectivity index (χ1n) is 24.9. The zero-order chi connectivity index (χ0) is 48.3.